The maximum Gasteiger partial charge on any atom is 0.247 e. The Kier molecular flexibility index (Phi) is 4.37. The summed E-state index contributed by atoms with van der Waals surface area (Å²) >= 11 is 0. The molecule has 2 amide bonds. The van der Waals surface area contributed by atoms with Crippen molar-refractivity contribution in [3.8, 4) is 0 Å². The monoisotopic (exact) mass is 349 g/mol. The molecule has 2 aromatic carbocycles. The third-order valence-corrected chi connectivity index (χ3v) is 5.05. The van der Waals surface area contributed by atoms with Gasteiger partial charge in [-0.05, 0) is 48.6 Å². The number of hydrogen-bond donors (Lipinski definition) is 2. The quantitative estimate of drug-likeness (QED) is 0.872. The fourth-order valence-electron chi connectivity index (χ4n) is 3.37. The predicted molar refractivity (Wildman–Crippen MR) is 102 cm³/mol. The Morgan fingerprint density at radius 1 is 1.12 bits per heavy atom. The lowest BCUT2D eigenvalue weighted by atomic mass is 10.00. The van der Waals surface area contributed by atoms with Crippen LogP contribution in [0, 0.1) is 0 Å². The van der Waals surface area contributed by atoms with Crippen molar-refractivity contribution in [3.63, 3.8) is 0 Å². The standard InChI is InChI=1S/C21H23N3O2/c1-24-18-11-10-17(13-15(18)7-12-19(24)25)22-20(14-5-3-2-4-6-14)21(26)23-16-8-9-16/h2-6,10-11,13,16,20,22H,7-9,12H2,1H3,(H,23,26). The average Bonchev–Trinajstić information content (AvgIpc) is 3.47. The highest BCUT2D eigenvalue weighted by Crippen LogP contribution is 2.31. The average molecular weight is 349 g/mol. The number of amides is 2. The van der Waals surface area contributed by atoms with Gasteiger partial charge in [-0.3, -0.25) is 9.59 Å². The number of aryl methyl sites for hydroxylation is 1. The normalized spacial score (nSPS) is 17.4. The summed E-state index contributed by atoms with van der Waals surface area (Å²) in [5, 5.41) is 6.48. The number of carbonyl (C=O) groups excluding carboxylic acids is 2. The Hall–Kier alpha value is -2.82. The van der Waals surface area contributed by atoms with Gasteiger partial charge >= 0.3 is 0 Å². The van der Waals surface area contributed by atoms with Crippen molar-refractivity contribution in [1.29, 1.82) is 0 Å². The minimum absolute atomic E-state index is 0.00344. The molecule has 0 saturated heterocycles. The molecule has 1 atom stereocenters. The Balaban J connectivity index is 1.59. The summed E-state index contributed by atoms with van der Waals surface area (Å²) in [6, 6.07) is 15.6. The van der Waals surface area contributed by atoms with Crippen molar-refractivity contribution in [2.24, 2.45) is 0 Å². The molecule has 1 saturated carbocycles. The molecule has 1 aliphatic carbocycles. The van der Waals surface area contributed by atoms with E-state index in [1.807, 2.05) is 49.5 Å². The van der Waals surface area contributed by atoms with Gasteiger partial charge in [0.25, 0.3) is 0 Å². The Morgan fingerprint density at radius 2 is 1.88 bits per heavy atom. The lowest BCUT2D eigenvalue weighted by Gasteiger charge is -2.27. The van der Waals surface area contributed by atoms with Crippen LogP contribution in [0.25, 0.3) is 0 Å². The van der Waals surface area contributed by atoms with Gasteiger partial charge in [0.05, 0.1) is 0 Å². The van der Waals surface area contributed by atoms with Gasteiger partial charge in [-0.15, -0.1) is 0 Å². The van der Waals surface area contributed by atoms with Crippen LogP contribution in [0.1, 0.15) is 36.4 Å². The zero-order valence-electron chi connectivity index (χ0n) is 14.9. The van der Waals surface area contributed by atoms with Gasteiger partial charge in [-0.1, -0.05) is 30.3 Å². The summed E-state index contributed by atoms with van der Waals surface area (Å²) < 4.78 is 0. The Bertz CT molecular complexity index is 830. The smallest absolute Gasteiger partial charge is 0.247 e. The van der Waals surface area contributed by atoms with Crippen molar-refractivity contribution in [2.75, 3.05) is 17.3 Å². The molecule has 5 heteroatoms. The number of nitrogens with zero attached hydrogens (tertiary/aromatic N) is 1. The molecule has 2 aliphatic rings. The highest BCUT2D eigenvalue weighted by Gasteiger charge is 2.29. The summed E-state index contributed by atoms with van der Waals surface area (Å²) in [6.07, 6.45) is 3.38. The molecule has 5 nitrogen and oxygen atoms in total. The van der Waals surface area contributed by atoms with Crippen LogP contribution in [0.3, 0.4) is 0 Å². The van der Waals surface area contributed by atoms with Crippen molar-refractivity contribution in [3.05, 3.63) is 59.7 Å². The third-order valence-electron chi connectivity index (χ3n) is 5.05. The molecule has 0 aromatic heterocycles. The number of benzene rings is 2. The van der Waals surface area contributed by atoms with Crippen molar-refractivity contribution >= 4 is 23.2 Å². The number of carbonyl (C=O) groups is 2. The van der Waals surface area contributed by atoms with Gasteiger partial charge in [-0.25, -0.2) is 0 Å². The first kappa shape index (κ1) is 16.6. The van der Waals surface area contributed by atoms with E-state index in [1.165, 1.54) is 0 Å². The van der Waals surface area contributed by atoms with Crippen LogP contribution < -0.4 is 15.5 Å². The maximum atomic E-state index is 12.8. The number of anilines is 2. The van der Waals surface area contributed by atoms with E-state index in [9.17, 15) is 9.59 Å². The summed E-state index contributed by atoms with van der Waals surface area (Å²) in [4.78, 5) is 26.3. The molecule has 1 heterocycles. The fraction of sp³-hybridized carbons (Fsp3) is 0.333. The molecule has 1 aliphatic heterocycles. The highest BCUT2D eigenvalue weighted by atomic mass is 16.2. The molecule has 2 aromatic rings. The fourth-order valence-corrected chi connectivity index (χ4v) is 3.37. The molecule has 0 spiro atoms. The molecule has 1 unspecified atom stereocenters. The van der Waals surface area contributed by atoms with E-state index in [0.29, 0.717) is 12.5 Å². The first-order chi connectivity index (χ1) is 12.6. The van der Waals surface area contributed by atoms with Crippen LogP contribution in [0.2, 0.25) is 0 Å². The molecule has 1 fully saturated rings. The number of rotatable bonds is 5. The van der Waals surface area contributed by atoms with E-state index in [0.717, 1.165) is 41.8 Å². The van der Waals surface area contributed by atoms with Gasteiger partial charge in [0.15, 0.2) is 0 Å². The van der Waals surface area contributed by atoms with Crippen LogP contribution in [0.5, 0.6) is 0 Å². The summed E-state index contributed by atoms with van der Waals surface area (Å²) in [6.45, 7) is 0. The number of hydrogen-bond acceptors (Lipinski definition) is 3. The Labute approximate surface area is 153 Å². The van der Waals surface area contributed by atoms with E-state index in [-0.39, 0.29) is 11.8 Å². The first-order valence-electron chi connectivity index (χ1n) is 9.13. The molecular formula is C21H23N3O2. The Morgan fingerprint density at radius 3 is 2.62 bits per heavy atom. The number of nitrogens with one attached hydrogen (secondary N) is 2. The summed E-state index contributed by atoms with van der Waals surface area (Å²) in [5.41, 5.74) is 3.92. The van der Waals surface area contributed by atoms with Crippen LogP contribution in [-0.2, 0) is 16.0 Å². The van der Waals surface area contributed by atoms with Crippen LogP contribution in [0.4, 0.5) is 11.4 Å². The van der Waals surface area contributed by atoms with Gasteiger partial charge in [0.2, 0.25) is 11.8 Å². The summed E-state index contributed by atoms with van der Waals surface area (Å²) in [5.74, 6) is 0.146. The second-order valence-electron chi connectivity index (χ2n) is 7.07. The second kappa shape index (κ2) is 6.83. The molecule has 0 radical (unpaired) electrons. The van der Waals surface area contributed by atoms with E-state index in [2.05, 4.69) is 16.7 Å². The van der Waals surface area contributed by atoms with Crippen LogP contribution in [0.15, 0.2) is 48.5 Å². The lowest BCUT2D eigenvalue weighted by Crippen LogP contribution is -2.35. The van der Waals surface area contributed by atoms with Crippen molar-refractivity contribution < 1.29 is 9.59 Å². The van der Waals surface area contributed by atoms with E-state index in [1.54, 1.807) is 4.90 Å². The van der Waals surface area contributed by atoms with E-state index >= 15 is 0 Å². The van der Waals surface area contributed by atoms with Crippen LogP contribution >= 0.6 is 0 Å². The molecular weight excluding hydrogens is 326 g/mol. The van der Waals surface area contributed by atoms with Crippen molar-refractivity contribution in [1.82, 2.24) is 5.32 Å². The molecule has 2 N–H and O–H groups in total. The predicted octanol–water partition coefficient (Wildman–Crippen LogP) is 3.03. The molecule has 0 bridgehead atoms. The van der Waals surface area contributed by atoms with Gasteiger partial charge < -0.3 is 15.5 Å². The molecule has 26 heavy (non-hydrogen) atoms. The van der Waals surface area contributed by atoms with Gasteiger partial charge in [0.1, 0.15) is 6.04 Å². The summed E-state index contributed by atoms with van der Waals surface area (Å²) in [7, 11) is 1.81. The van der Waals surface area contributed by atoms with E-state index in [4.69, 9.17) is 0 Å². The zero-order chi connectivity index (χ0) is 18.1. The van der Waals surface area contributed by atoms with E-state index < -0.39 is 6.04 Å². The highest BCUT2D eigenvalue weighted by molar-refractivity contribution is 5.96. The largest absolute Gasteiger partial charge is 0.370 e. The molecule has 4 rings (SSSR count). The second-order valence-corrected chi connectivity index (χ2v) is 7.07. The SMILES string of the molecule is CN1C(=O)CCc2cc(NC(C(=O)NC3CC3)c3ccccc3)ccc21. The van der Waals surface area contributed by atoms with Gasteiger partial charge in [-0.2, -0.15) is 0 Å². The maximum absolute atomic E-state index is 12.8. The minimum Gasteiger partial charge on any atom is -0.370 e. The van der Waals surface area contributed by atoms with Crippen molar-refractivity contribution in [2.45, 2.75) is 37.8 Å². The lowest BCUT2D eigenvalue weighted by molar-refractivity contribution is -0.122. The van der Waals surface area contributed by atoms with Gasteiger partial charge in [0, 0.05) is 30.9 Å². The third kappa shape index (κ3) is 3.43. The topological polar surface area (TPSA) is 61.4 Å². The molecule has 134 valence electrons. The number of fused-ring (bicyclic) bond motifs is 1. The van der Waals surface area contributed by atoms with Crippen LogP contribution in [-0.4, -0.2) is 24.9 Å². The minimum atomic E-state index is -0.433. The first-order valence-corrected chi connectivity index (χ1v) is 9.13. The zero-order valence-corrected chi connectivity index (χ0v) is 14.9.